The van der Waals surface area contributed by atoms with Gasteiger partial charge in [0.25, 0.3) is 0 Å². The second kappa shape index (κ2) is 4.53. The molecule has 0 amide bonds. The van der Waals surface area contributed by atoms with E-state index in [9.17, 15) is 0 Å². The Morgan fingerprint density at radius 2 is 2.00 bits per heavy atom. The fourth-order valence-electron chi connectivity index (χ4n) is 1.87. The Morgan fingerprint density at radius 1 is 1.11 bits per heavy atom. The van der Waals surface area contributed by atoms with Crippen molar-refractivity contribution in [1.82, 2.24) is 15.0 Å². The highest BCUT2D eigenvalue weighted by Gasteiger charge is 2.08. The van der Waals surface area contributed by atoms with Crippen molar-refractivity contribution in [3.63, 3.8) is 0 Å². The maximum atomic E-state index is 5.55. The Balaban J connectivity index is 2.10. The average Bonchev–Trinajstić information content (AvgIpc) is 2.94. The molecule has 0 atom stereocenters. The molecule has 3 aromatic rings. The lowest BCUT2D eigenvalue weighted by atomic mass is 10.0. The number of benzene rings is 1. The highest BCUT2D eigenvalue weighted by atomic mass is 16.3. The number of nitrogens with two attached hydrogens (primary N) is 1. The van der Waals surface area contributed by atoms with Gasteiger partial charge in [0, 0.05) is 11.1 Å². The molecule has 0 saturated carbocycles. The number of hydrogen-bond donors (Lipinski definition) is 1. The third-order valence-corrected chi connectivity index (χ3v) is 2.86. The number of nitrogen functional groups attached to an aromatic ring is 1. The van der Waals surface area contributed by atoms with Crippen LogP contribution in [0.25, 0.3) is 22.7 Å². The number of hydrogen-bond acceptors (Lipinski definition) is 5. The van der Waals surface area contributed by atoms with Crippen LogP contribution in [0.3, 0.4) is 0 Å². The third-order valence-electron chi connectivity index (χ3n) is 2.86. The molecule has 0 spiro atoms. The van der Waals surface area contributed by atoms with Crippen molar-refractivity contribution in [3.8, 4) is 22.7 Å². The first-order chi connectivity index (χ1) is 9.24. The van der Waals surface area contributed by atoms with E-state index in [0.717, 1.165) is 22.4 Å². The molecule has 0 aliphatic rings. The maximum Gasteiger partial charge on any atom is 0.225 e. The normalized spacial score (nSPS) is 10.6. The van der Waals surface area contributed by atoms with E-state index >= 15 is 0 Å². The van der Waals surface area contributed by atoms with E-state index in [1.165, 1.54) is 0 Å². The summed E-state index contributed by atoms with van der Waals surface area (Å²) >= 11 is 0. The summed E-state index contributed by atoms with van der Waals surface area (Å²) in [4.78, 5) is 12.5. The van der Waals surface area contributed by atoms with E-state index in [-0.39, 0.29) is 0 Å². The Morgan fingerprint density at radius 3 is 2.68 bits per heavy atom. The van der Waals surface area contributed by atoms with Crippen molar-refractivity contribution in [2.24, 2.45) is 0 Å². The molecule has 2 heterocycles. The van der Waals surface area contributed by atoms with Crippen LogP contribution in [0.5, 0.6) is 0 Å². The summed E-state index contributed by atoms with van der Waals surface area (Å²) in [6.45, 7) is 2.02. The maximum absolute atomic E-state index is 5.55. The van der Waals surface area contributed by atoms with Gasteiger partial charge in [-0.3, -0.25) is 4.98 Å². The van der Waals surface area contributed by atoms with E-state index in [2.05, 4.69) is 15.0 Å². The van der Waals surface area contributed by atoms with Crippen LogP contribution in [0, 0.1) is 6.92 Å². The number of rotatable bonds is 2. The average molecular weight is 252 g/mol. The molecule has 2 N–H and O–H groups in total. The quantitative estimate of drug-likeness (QED) is 0.758. The highest BCUT2D eigenvalue weighted by Crippen LogP contribution is 2.27. The van der Waals surface area contributed by atoms with Gasteiger partial charge in [-0.15, -0.1) is 0 Å². The Kier molecular flexibility index (Phi) is 2.72. The zero-order valence-electron chi connectivity index (χ0n) is 10.4. The van der Waals surface area contributed by atoms with E-state index in [1.807, 2.05) is 25.1 Å². The van der Waals surface area contributed by atoms with Crippen LogP contribution >= 0.6 is 0 Å². The van der Waals surface area contributed by atoms with Gasteiger partial charge in [-0.25, -0.2) is 9.97 Å². The van der Waals surface area contributed by atoms with Crippen LogP contribution in [0.2, 0.25) is 0 Å². The molecule has 0 aliphatic heterocycles. The fourth-order valence-corrected chi connectivity index (χ4v) is 1.87. The molecular formula is C14H12N4O. The topological polar surface area (TPSA) is 77.8 Å². The van der Waals surface area contributed by atoms with Gasteiger partial charge in [-0.2, -0.15) is 0 Å². The van der Waals surface area contributed by atoms with Crippen molar-refractivity contribution < 1.29 is 4.42 Å². The van der Waals surface area contributed by atoms with Gasteiger partial charge in [0.05, 0.1) is 24.3 Å². The van der Waals surface area contributed by atoms with Gasteiger partial charge in [0.15, 0.2) is 0 Å². The minimum absolute atomic E-state index is 0.408. The van der Waals surface area contributed by atoms with E-state index in [0.29, 0.717) is 11.7 Å². The molecular weight excluding hydrogens is 240 g/mol. The molecule has 0 fully saturated rings. The lowest BCUT2D eigenvalue weighted by molar-refractivity contribution is 0.574. The Bertz CT molecular complexity index is 690. The van der Waals surface area contributed by atoms with Crippen molar-refractivity contribution in [1.29, 1.82) is 0 Å². The molecule has 5 nitrogen and oxygen atoms in total. The molecule has 19 heavy (non-hydrogen) atoms. The molecule has 0 radical (unpaired) electrons. The van der Waals surface area contributed by atoms with Gasteiger partial charge in [0.1, 0.15) is 12.1 Å². The Hall–Kier alpha value is -2.69. The molecule has 5 heteroatoms. The second-order valence-electron chi connectivity index (χ2n) is 4.19. The van der Waals surface area contributed by atoms with Gasteiger partial charge >= 0.3 is 0 Å². The SMILES string of the molecule is Cc1ccc(-c2ncco2)cc1-c1cnc(N)cn1. The molecule has 0 aliphatic carbocycles. The molecule has 0 bridgehead atoms. The first kappa shape index (κ1) is 11.4. The van der Waals surface area contributed by atoms with Crippen molar-refractivity contribution in [2.75, 3.05) is 5.73 Å². The van der Waals surface area contributed by atoms with Crippen molar-refractivity contribution in [3.05, 3.63) is 48.6 Å². The fraction of sp³-hybridized carbons (Fsp3) is 0.0714. The molecule has 0 saturated heterocycles. The summed E-state index contributed by atoms with van der Waals surface area (Å²) in [7, 11) is 0. The number of oxazole rings is 1. The first-order valence-corrected chi connectivity index (χ1v) is 5.82. The van der Waals surface area contributed by atoms with Crippen LogP contribution in [-0.2, 0) is 0 Å². The van der Waals surface area contributed by atoms with Crippen LogP contribution in [0.1, 0.15) is 5.56 Å². The second-order valence-corrected chi connectivity index (χ2v) is 4.19. The van der Waals surface area contributed by atoms with Crippen LogP contribution in [0.4, 0.5) is 5.82 Å². The Labute approximate surface area is 110 Å². The number of aryl methyl sites for hydroxylation is 1. The molecule has 1 aromatic carbocycles. The number of anilines is 1. The summed E-state index contributed by atoms with van der Waals surface area (Å²) in [5.41, 5.74) is 9.33. The minimum Gasteiger partial charge on any atom is -0.445 e. The first-order valence-electron chi connectivity index (χ1n) is 5.82. The molecule has 2 aromatic heterocycles. The van der Waals surface area contributed by atoms with E-state index in [4.69, 9.17) is 10.2 Å². The van der Waals surface area contributed by atoms with Crippen LogP contribution in [0.15, 0.2) is 47.5 Å². The van der Waals surface area contributed by atoms with Gasteiger partial charge < -0.3 is 10.2 Å². The predicted octanol–water partition coefficient (Wildman–Crippen LogP) is 2.69. The summed E-state index contributed by atoms with van der Waals surface area (Å²) in [6, 6.07) is 5.96. The standard InChI is InChI=1S/C14H12N4O/c1-9-2-3-10(14-16-4-5-19-14)6-11(9)12-7-18-13(15)8-17-12/h2-8H,1H3,(H2,15,18). The predicted molar refractivity (Wildman–Crippen MR) is 72.1 cm³/mol. The van der Waals surface area contributed by atoms with Gasteiger partial charge in [-0.1, -0.05) is 6.07 Å². The molecule has 3 rings (SSSR count). The summed E-state index contributed by atoms with van der Waals surface area (Å²) < 4.78 is 5.30. The number of aromatic nitrogens is 3. The van der Waals surface area contributed by atoms with Gasteiger partial charge in [0.2, 0.25) is 5.89 Å². The van der Waals surface area contributed by atoms with Crippen molar-refractivity contribution in [2.45, 2.75) is 6.92 Å². The van der Waals surface area contributed by atoms with Crippen molar-refractivity contribution >= 4 is 5.82 Å². The monoisotopic (exact) mass is 252 g/mol. The van der Waals surface area contributed by atoms with E-state index in [1.54, 1.807) is 24.9 Å². The lowest BCUT2D eigenvalue weighted by Crippen LogP contribution is -1.94. The summed E-state index contributed by atoms with van der Waals surface area (Å²) in [5, 5.41) is 0. The third kappa shape index (κ3) is 2.18. The molecule has 94 valence electrons. The lowest BCUT2D eigenvalue weighted by Gasteiger charge is -2.06. The zero-order chi connectivity index (χ0) is 13.2. The largest absolute Gasteiger partial charge is 0.445 e. The molecule has 0 unspecified atom stereocenters. The van der Waals surface area contributed by atoms with Crippen LogP contribution < -0.4 is 5.73 Å². The summed E-state index contributed by atoms with van der Waals surface area (Å²) in [5.74, 6) is 0.995. The van der Waals surface area contributed by atoms with Crippen LogP contribution in [-0.4, -0.2) is 15.0 Å². The summed E-state index contributed by atoms with van der Waals surface area (Å²) in [6.07, 6.45) is 6.39. The minimum atomic E-state index is 0.408. The smallest absolute Gasteiger partial charge is 0.225 e. The van der Waals surface area contributed by atoms with Gasteiger partial charge in [-0.05, 0) is 24.6 Å². The zero-order valence-corrected chi connectivity index (χ0v) is 10.4. The highest BCUT2D eigenvalue weighted by molar-refractivity contribution is 5.70. The number of nitrogens with zero attached hydrogens (tertiary/aromatic N) is 3. The van der Waals surface area contributed by atoms with E-state index < -0.39 is 0 Å².